The zero-order chi connectivity index (χ0) is 13.9. The van der Waals surface area contributed by atoms with Gasteiger partial charge in [0, 0.05) is 17.6 Å². The van der Waals surface area contributed by atoms with Crippen LogP contribution in [-0.4, -0.2) is 9.97 Å². The van der Waals surface area contributed by atoms with Gasteiger partial charge in [-0.3, -0.25) is 0 Å². The third-order valence-corrected chi connectivity index (χ3v) is 3.37. The van der Waals surface area contributed by atoms with Crippen molar-refractivity contribution in [3.8, 4) is 0 Å². The quantitative estimate of drug-likeness (QED) is 0.713. The molecule has 0 aliphatic heterocycles. The van der Waals surface area contributed by atoms with Gasteiger partial charge in [-0.15, -0.1) is 0 Å². The molecule has 3 N–H and O–H groups in total. The highest BCUT2D eigenvalue weighted by Gasteiger charge is 2.04. The number of nitrogens with one attached hydrogen (secondary N) is 1. The molecule has 0 fully saturated rings. The number of anilines is 2. The number of rotatable bonds is 3. The van der Waals surface area contributed by atoms with Crippen molar-refractivity contribution >= 4 is 22.4 Å². The second kappa shape index (κ2) is 5.17. The minimum absolute atomic E-state index is 0.714. The van der Waals surface area contributed by atoms with Gasteiger partial charge >= 0.3 is 0 Å². The van der Waals surface area contributed by atoms with Gasteiger partial charge in [0.2, 0.25) is 0 Å². The van der Waals surface area contributed by atoms with E-state index in [4.69, 9.17) is 5.73 Å². The third kappa shape index (κ3) is 2.40. The van der Waals surface area contributed by atoms with E-state index < -0.39 is 0 Å². The van der Waals surface area contributed by atoms with Crippen molar-refractivity contribution in [1.29, 1.82) is 0 Å². The Kier molecular flexibility index (Phi) is 3.21. The molecule has 2 aromatic carbocycles. The first kappa shape index (κ1) is 12.4. The lowest BCUT2D eigenvalue weighted by Gasteiger charge is -2.10. The van der Waals surface area contributed by atoms with Gasteiger partial charge in [0.05, 0.1) is 5.52 Å². The van der Waals surface area contributed by atoms with Crippen LogP contribution in [0, 0.1) is 6.92 Å². The van der Waals surface area contributed by atoms with E-state index in [2.05, 4.69) is 34.3 Å². The molecular weight excluding hydrogens is 248 g/mol. The standard InChI is InChI=1S/C16H16N4/c1-11-4-2-3-5-12(11)9-18-16-14-8-13(17)6-7-15(14)19-10-20-16/h2-8,10H,9,17H2,1H3,(H,18,19,20). The van der Waals surface area contributed by atoms with Gasteiger partial charge in [0.15, 0.2) is 0 Å². The highest BCUT2D eigenvalue weighted by atomic mass is 15.0. The van der Waals surface area contributed by atoms with Gasteiger partial charge in [-0.2, -0.15) is 0 Å². The van der Waals surface area contributed by atoms with E-state index in [1.54, 1.807) is 6.33 Å². The molecule has 1 aromatic heterocycles. The van der Waals surface area contributed by atoms with Crippen molar-refractivity contribution in [3.05, 3.63) is 59.9 Å². The zero-order valence-corrected chi connectivity index (χ0v) is 11.3. The number of nitrogens with two attached hydrogens (primary N) is 1. The predicted molar refractivity (Wildman–Crippen MR) is 82.5 cm³/mol. The molecule has 100 valence electrons. The topological polar surface area (TPSA) is 63.8 Å². The van der Waals surface area contributed by atoms with E-state index in [9.17, 15) is 0 Å². The molecule has 0 amide bonds. The maximum Gasteiger partial charge on any atom is 0.137 e. The average Bonchev–Trinajstić information content (AvgIpc) is 2.46. The summed E-state index contributed by atoms with van der Waals surface area (Å²) in [6, 6.07) is 14.0. The number of fused-ring (bicyclic) bond motifs is 1. The highest BCUT2D eigenvalue weighted by Crippen LogP contribution is 2.22. The van der Waals surface area contributed by atoms with Crippen LogP contribution in [0.1, 0.15) is 11.1 Å². The Morgan fingerprint density at radius 3 is 2.80 bits per heavy atom. The van der Waals surface area contributed by atoms with Crippen LogP contribution in [0.15, 0.2) is 48.8 Å². The van der Waals surface area contributed by atoms with Gasteiger partial charge in [0.1, 0.15) is 12.1 Å². The second-order valence-corrected chi connectivity index (χ2v) is 4.78. The van der Waals surface area contributed by atoms with Crippen LogP contribution in [0.2, 0.25) is 0 Å². The number of aryl methyl sites for hydroxylation is 1. The summed E-state index contributed by atoms with van der Waals surface area (Å²) < 4.78 is 0. The number of benzene rings is 2. The lowest BCUT2D eigenvalue weighted by molar-refractivity contribution is 1.08. The SMILES string of the molecule is Cc1ccccc1CNc1ncnc2ccc(N)cc12. The van der Waals surface area contributed by atoms with Gasteiger partial charge in [-0.1, -0.05) is 24.3 Å². The van der Waals surface area contributed by atoms with E-state index in [0.29, 0.717) is 5.69 Å². The summed E-state index contributed by atoms with van der Waals surface area (Å²) in [7, 11) is 0. The van der Waals surface area contributed by atoms with Crippen molar-refractivity contribution in [2.45, 2.75) is 13.5 Å². The normalized spacial score (nSPS) is 10.7. The molecule has 0 aliphatic carbocycles. The number of aromatic nitrogens is 2. The van der Waals surface area contributed by atoms with Crippen molar-refractivity contribution in [2.75, 3.05) is 11.1 Å². The molecule has 1 heterocycles. The maximum absolute atomic E-state index is 5.84. The van der Waals surface area contributed by atoms with Crippen molar-refractivity contribution < 1.29 is 0 Å². The zero-order valence-electron chi connectivity index (χ0n) is 11.3. The van der Waals surface area contributed by atoms with Crippen LogP contribution in [0.4, 0.5) is 11.5 Å². The molecule has 0 unspecified atom stereocenters. The van der Waals surface area contributed by atoms with Crippen molar-refractivity contribution in [3.63, 3.8) is 0 Å². The second-order valence-electron chi connectivity index (χ2n) is 4.78. The fraction of sp³-hybridized carbons (Fsp3) is 0.125. The Morgan fingerprint density at radius 1 is 1.10 bits per heavy atom. The minimum Gasteiger partial charge on any atom is -0.399 e. The van der Waals surface area contributed by atoms with Crippen molar-refractivity contribution in [1.82, 2.24) is 9.97 Å². The van der Waals surface area contributed by atoms with E-state index in [0.717, 1.165) is 23.3 Å². The average molecular weight is 264 g/mol. The predicted octanol–water partition coefficient (Wildman–Crippen LogP) is 3.13. The van der Waals surface area contributed by atoms with Crippen LogP contribution in [0.25, 0.3) is 10.9 Å². The number of nitrogens with zero attached hydrogens (tertiary/aromatic N) is 2. The van der Waals surface area contributed by atoms with Gasteiger partial charge in [-0.25, -0.2) is 9.97 Å². The summed E-state index contributed by atoms with van der Waals surface area (Å²) >= 11 is 0. The third-order valence-electron chi connectivity index (χ3n) is 3.37. The summed E-state index contributed by atoms with van der Waals surface area (Å²) in [5.41, 5.74) is 9.96. The Bertz CT molecular complexity index is 752. The first-order chi connectivity index (χ1) is 9.74. The fourth-order valence-electron chi connectivity index (χ4n) is 2.20. The monoisotopic (exact) mass is 264 g/mol. The smallest absolute Gasteiger partial charge is 0.137 e. The molecule has 0 saturated heterocycles. The van der Waals surface area contributed by atoms with Crippen molar-refractivity contribution in [2.24, 2.45) is 0 Å². The summed E-state index contributed by atoms with van der Waals surface area (Å²) in [5, 5.41) is 4.31. The number of hydrogen-bond acceptors (Lipinski definition) is 4. The molecule has 4 nitrogen and oxygen atoms in total. The number of hydrogen-bond donors (Lipinski definition) is 2. The fourth-order valence-corrected chi connectivity index (χ4v) is 2.20. The molecule has 0 aliphatic rings. The lowest BCUT2D eigenvalue weighted by atomic mass is 10.1. The van der Waals surface area contributed by atoms with E-state index in [1.165, 1.54) is 11.1 Å². The molecule has 0 bridgehead atoms. The van der Waals surface area contributed by atoms with Crippen LogP contribution in [0.5, 0.6) is 0 Å². The molecule has 0 saturated carbocycles. The molecule has 3 rings (SSSR count). The summed E-state index contributed by atoms with van der Waals surface area (Å²) in [4.78, 5) is 8.56. The molecular formula is C16H16N4. The summed E-state index contributed by atoms with van der Waals surface area (Å²) in [5.74, 6) is 0.811. The van der Waals surface area contributed by atoms with E-state index in [-0.39, 0.29) is 0 Å². The minimum atomic E-state index is 0.714. The van der Waals surface area contributed by atoms with Crippen LogP contribution < -0.4 is 11.1 Å². The highest BCUT2D eigenvalue weighted by molar-refractivity contribution is 5.91. The van der Waals surface area contributed by atoms with Gasteiger partial charge in [0.25, 0.3) is 0 Å². The molecule has 3 aromatic rings. The molecule has 0 spiro atoms. The lowest BCUT2D eigenvalue weighted by Crippen LogP contribution is -2.04. The van der Waals surface area contributed by atoms with Gasteiger partial charge < -0.3 is 11.1 Å². The molecule has 20 heavy (non-hydrogen) atoms. The largest absolute Gasteiger partial charge is 0.399 e. The Morgan fingerprint density at radius 2 is 1.95 bits per heavy atom. The molecule has 4 heteroatoms. The Hall–Kier alpha value is -2.62. The van der Waals surface area contributed by atoms with Gasteiger partial charge in [-0.05, 0) is 36.2 Å². The van der Waals surface area contributed by atoms with Crippen LogP contribution in [-0.2, 0) is 6.54 Å². The number of nitrogen functional groups attached to an aromatic ring is 1. The molecule has 0 radical (unpaired) electrons. The Balaban J connectivity index is 1.91. The summed E-state index contributed by atoms with van der Waals surface area (Å²) in [6.07, 6.45) is 1.57. The van der Waals surface area contributed by atoms with Crippen LogP contribution in [0.3, 0.4) is 0 Å². The first-order valence-electron chi connectivity index (χ1n) is 6.52. The molecule has 0 atom stereocenters. The van der Waals surface area contributed by atoms with E-state index in [1.807, 2.05) is 30.3 Å². The van der Waals surface area contributed by atoms with Crippen LogP contribution >= 0.6 is 0 Å². The summed E-state index contributed by atoms with van der Waals surface area (Å²) in [6.45, 7) is 2.83. The first-order valence-corrected chi connectivity index (χ1v) is 6.52. The Labute approximate surface area is 117 Å². The maximum atomic E-state index is 5.84. The van der Waals surface area contributed by atoms with E-state index >= 15 is 0 Å².